The molecule has 3 aromatic rings. The first kappa shape index (κ1) is 15.2. The summed E-state index contributed by atoms with van der Waals surface area (Å²) < 4.78 is 15.0. The lowest BCUT2D eigenvalue weighted by atomic mass is 10.0. The van der Waals surface area contributed by atoms with Gasteiger partial charge in [0.15, 0.2) is 0 Å². The van der Waals surface area contributed by atoms with Crippen LogP contribution < -0.4 is 5.32 Å². The summed E-state index contributed by atoms with van der Waals surface area (Å²) in [5, 5.41) is 2.92. The average molecular weight is 311 g/mol. The number of rotatable bonds is 3. The van der Waals surface area contributed by atoms with Gasteiger partial charge in [0.05, 0.1) is 5.69 Å². The van der Waals surface area contributed by atoms with Crippen molar-refractivity contribution in [1.29, 1.82) is 0 Å². The van der Waals surface area contributed by atoms with Crippen LogP contribution in [0.1, 0.15) is 41.5 Å². The number of imidazole rings is 1. The Balaban J connectivity index is 2.02. The summed E-state index contributed by atoms with van der Waals surface area (Å²) in [5.41, 5.74) is 3.27. The molecule has 1 N–H and O–H groups in total. The van der Waals surface area contributed by atoms with Crippen LogP contribution in [-0.2, 0) is 0 Å². The normalized spacial score (nSPS) is 11.2. The molecule has 0 unspecified atom stereocenters. The number of nitrogens with zero attached hydrogens (tertiary/aromatic N) is 2. The Morgan fingerprint density at radius 1 is 1.22 bits per heavy atom. The molecule has 0 saturated heterocycles. The Kier molecular flexibility index (Phi) is 3.86. The maximum atomic E-state index is 13.5. The predicted molar refractivity (Wildman–Crippen MR) is 88.4 cm³/mol. The number of nitrogens with one attached hydrogen (secondary N) is 1. The Labute approximate surface area is 134 Å². The summed E-state index contributed by atoms with van der Waals surface area (Å²) in [6.07, 6.45) is 1.28. The minimum atomic E-state index is -0.411. The second-order valence-corrected chi connectivity index (χ2v) is 5.82. The number of aromatic nitrogens is 2. The van der Waals surface area contributed by atoms with Gasteiger partial charge in [-0.2, -0.15) is 0 Å². The van der Waals surface area contributed by atoms with Gasteiger partial charge in [0.25, 0.3) is 5.91 Å². The van der Waals surface area contributed by atoms with Crippen molar-refractivity contribution in [1.82, 2.24) is 9.38 Å². The van der Waals surface area contributed by atoms with Crippen molar-refractivity contribution >= 4 is 17.2 Å². The average Bonchev–Trinajstić information content (AvgIpc) is 2.82. The van der Waals surface area contributed by atoms with E-state index in [1.807, 2.05) is 24.3 Å². The number of fused-ring (bicyclic) bond motifs is 1. The van der Waals surface area contributed by atoms with Crippen molar-refractivity contribution in [3.05, 3.63) is 65.4 Å². The number of pyridine rings is 1. The van der Waals surface area contributed by atoms with E-state index in [1.54, 1.807) is 13.0 Å². The molecule has 1 amide bonds. The number of hydrogen-bond donors (Lipinski definition) is 1. The highest BCUT2D eigenvalue weighted by Crippen LogP contribution is 2.24. The number of hydrogen-bond acceptors (Lipinski definition) is 2. The second kappa shape index (κ2) is 5.83. The molecule has 5 heteroatoms. The summed E-state index contributed by atoms with van der Waals surface area (Å²) in [7, 11) is 0. The zero-order valence-electron chi connectivity index (χ0n) is 13.3. The van der Waals surface area contributed by atoms with E-state index < -0.39 is 5.82 Å². The Morgan fingerprint density at radius 3 is 2.70 bits per heavy atom. The van der Waals surface area contributed by atoms with E-state index in [4.69, 9.17) is 0 Å². The molecule has 0 aliphatic rings. The standard InChI is InChI=1S/C18H18FN3O/c1-11(2)14-6-4-5-7-15(14)21-18(23)17-12(3)20-16-9-8-13(19)10-22(16)17/h4-11H,1-3H3,(H,21,23). The van der Waals surface area contributed by atoms with E-state index >= 15 is 0 Å². The number of anilines is 1. The summed E-state index contributed by atoms with van der Waals surface area (Å²) in [6.45, 7) is 5.88. The van der Waals surface area contributed by atoms with Crippen LogP contribution in [0, 0.1) is 12.7 Å². The molecule has 0 spiro atoms. The van der Waals surface area contributed by atoms with Crippen molar-refractivity contribution < 1.29 is 9.18 Å². The number of carbonyl (C=O) groups is 1. The molecular weight excluding hydrogens is 293 g/mol. The van der Waals surface area contributed by atoms with E-state index in [-0.39, 0.29) is 11.8 Å². The van der Waals surface area contributed by atoms with E-state index in [9.17, 15) is 9.18 Å². The van der Waals surface area contributed by atoms with Gasteiger partial charge in [-0.15, -0.1) is 0 Å². The van der Waals surface area contributed by atoms with Crippen molar-refractivity contribution in [2.45, 2.75) is 26.7 Å². The molecule has 0 saturated carbocycles. The maximum absolute atomic E-state index is 13.5. The number of aryl methyl sites for hydroxylation is 1. The fraction of sp³-hybridized carbons (Fsp3) is 0.222. The monoisotopic (exact) mass is 311 g/mol. The number of benzene rings is 1. The zero-order valence-corrected chi connectivity index (χ0v) is 13.3. The first-order valence-electron chi connectivity index (χ1n) is 7.52. The highest BCUT2D eigenvalue weighted by molar-refractivity contribution is 6.04. The minimum Gasteiger partial charge on any atom is -0.320 e. The third-order valence-corrected chi connectivity index (χ3v) is 3.80. The van der Waals surface area contributed by atoms with Crippen LogP contribution in [0.3, 0.4) is 0 Å². The van der Waals surface area contributed by atoms with Gasteiger partial charge < -0.3 is 5.32 Å². The molecule has 2 heterocycles. The first-order valence-corrected chi connectivity index (χ1v) is 7.52. The van der Waals surface area contributed by atoms with Gasteiger partial charge in [-0.3, -0.25) is 9.20 Å². The number of carbonyl (C=O) groups excluding carboxylic acids is 1. The fourth-order valence-corrected chi connectivity index (χ4v) is 2.71. The lowest BCUT2D eigenvalue weighted by Gasteiger charge is -2.13. The number of para-hydroxylation sites is 1. The largest absolute Gasteiger partial charge is 0.320 e. The smallest absolute Gasteiger partial charge is 0.274 e. The topological polar surface area (TPSA) is 46.4 Å². The van der Waals surface area contributed by atoms with Gasteiger partial charge in [0.1, 0.15) is 17.2 Å². The predicted octanol–water partition coefficient (Wildman–Crippen LogP) is 4.16. The molecule has 0 aliphatic heterocycles. The van der Waals surface area contributed by atoms with Crippen LogP contribution in [0.2, 0.25) is 0 Å². The van der Waals surface area contributed by atoms with E-state index in [1.165, 1.54) is 16.7 Å². The molecule has 0 radical (unpaired) electrons. The molecule has 3 rings (SSSR count). The minimum absolute atomic E-state index is 0.284. The molecule has 1 aromatic carbocycles. The van der Waals surface area contributed by atoms with E-state index in [2.05, 4.69) is 24.1 Å². The molecule has 0 atom stereocenters. The fourth-order valence-electron chi connectivity index (χ4n) is 2.71. The molecule has 23 heavy (non-hydrogen) atoms. The Morgan fingerprint density at radius 2 is 1.96 bits per heavy atom. The highest BCUT2D eigenvalue weighted by Gasteiger charge is 2.18. The van der Waals surface area contributed by atoms with Crippen molar-refractivity contribution in [2.24, 2.45) is 0 Å². The SMILES string of the molecule is Cc1nc2ccc(F)cn2c1C(=O)Nc1ccccc1C(C)C. The van der Waals surface area contributed by atoms with Gasteiger partial charge >= 0.3 is 0 Å². The maximum Gasteiger partial charge on any atom is 0.274 e. The van der Waals surface area contributed by atoms with Gasteiger partial charge in [-0.1, -0.05) is 32.0 Å². The molecule has 2 aromatic heterocycles. The Hall–Kier alpha value is -2.69. The molecule has 0 fully saturated rings. The lowest BCUT2D eigenvalue weighted by Crippen LogP contribution is -2.17. The van der Waals surface area contributed by atoms with Gasteiger partial charge in [0, 0.05) is 11.9 Å². The summed E-state index contributed by atoms with van der Waals surface area (Å²) >= 11 is 0. The zero-order chi connectivity index (χ0) is 16.6. The van der Waals surface area contributed by atoms with Gasteiger partial charge in [0.2, 0.25) is 0 Å². The van der Waals surface area contributed by atoms with Crippen molar-refractivity contribution in [3.63, 3.8) is 0 Å². The number of halogens is 1. The number of amides is 1. The van der Waals surface area contributed by atoms with Crippen LogP contribution in [0.4, 0.5) is 10.1 Å². The van der Waals surface area contributed by atoms with Gasteiger partial charge in [-0.25, -0.2) is 9.37 Å². The Bertz CT molecular complexity index is 883. The van der Waals surface area contributed by atoms with Crippen LogP contribution in [-0.4, -0.2) is 15.3 Å². The van der Waals surface area contributed by atoms with Crippen molar-refractivity contribution in [2.75, 3.05) is 5.32 Å². The quantitative estimate of drug-likeness (QED) is 0.789. The molecule has 0 bridgehead atoms. The molecular formula is C18H18FN3O. The molecule has 4 nitrogen and oxygen atoms in total. The summed E-state index contributed by atoms with van der Waals surface area (Å²) in [5.74, 6) is -0.424. The summed E-state index contributed by atoms with van der Waals surface area (Å²) in [6, 6.07) is 10.6. The second-order valence-electron chi connectivity index (χ2n) is 5.82. The van der Waals surface area contributed by atoms with Crippen molar-refractivity contribution in [3.8, 4) is 0 Å². The van der Waals surface area contributed by atoms with Crippen LogP contribution in [0.25, 0.3) is 5.65 Å². The lowest BCUT2D eigenvalue weighted by molar-refractivity contribution is 0.102. The van der Waals surface area contributed by atoms with Crippen LogP contribution in [0.15, 0.2) is 42.6 Å². The molecule has 118 valence electrons. The van der Waals surface area contributed by atoms with E-state index in [0.717, 1.165) is 11.3 Å². The van der Waals surface area contributed by atoms with Gasteiger partial charge in [-0.05, 0) is 36.6 Å². The van der Waals surface area contributed by atoms with E-state index in [0.29, 0.717) is 17.0 Å². The third kappa shape index (κ3) is 2.82. The summed E-state index contributed by atoms with van der Waals surface area (Å²) in [4.78, 5) is 17.0. The highest BCUT2D eigenvalue weighted by atomic mass is 19.1. The van der Waals surface area contributed by atoms with Crippen LogP contribution >= 0.6 is 0 Å². The third-order valence-electron chi connectivity index (χ3n) is 3.80. The first-order chi connectivity index (χ1) is 11.0. The molecule has 0 aliphatic carbocycles. The van der Waals surface area contributed by atoms with Crippen LogP contribution in [0.5, 0.6) is 0 Å².